The van der Waals surface area contributed by atoms with Crippen molar-refractivity contribution in [3.63, 3.8) is 0 Å². The summed E-state index contributed by atoms with van der Waals surface area (Å²) in [6.45, 7) is 5.00. The smallest absolute Gasteiger partial charge is 0.339 e. The van der Waals surface area contributed by atoms with Gasteiger partial charge < -0.3 is 19.4 Å². The third-order valence-electron chi connectivity index (χ3n) is 4.55. The molecule has 0 aliphatic carbocycles. The molecule has 6 nitrogen and oxygen atoms in total. The number of nitrogens with one attached hydrogen (secondary N) is 1. The van der Waals surface area contributed by atoms with E-state index in [0.717, 1.165) is 37.1 Å². The van der Waals surface area contributed by atoms with Crippen LogP contribution in [0.15, 0.2) is 27.4 Å². The van der Waals surface area contributed by atoms with Gasteiger partial charge in [-0.1, -0.05) is 0 Å². The summed E-state index contributed by atoms with van der Waals surface area (Å²) in [6, 6.07) is 5.43. The Morgan fingerprint density at radius 3 is 2.72 bits per heavy atom. The number of piperazine rings is 1. The average Bonchev–Trinajstić information content (AvgIpc) is 2.61. The lowest BCUT2D eigenvalue weighted by Gasteiger charge is -2.27. The Hall–Kier alpha value is -2.05. The van der Waals surface area contributed by atoms with E-state index in [1.54, 1.807) is 13.2 Å². The SMILES string of the molecule is COc1ccc2c(C)c(CCC(=O)N3CCNCC3)c(=O)oc2c1.Cl. The molecule has 0 unspecified atom stereocenters. The molecule has 0 bridgehead atoms. The Bertz CT molecular complexity index is 813. The Morgan fingerprint density at radius 1 is 1.32 bits per heavy atom. The minimum atomic E-state index is -0.374. The zero-order chi connectivity index (χ0) is 17.1. The van der Waals surface area contributed by atoms with Crippen LogP contribution in [-0.4, -0.2) is 44.1 Å². The molecule has 3 rings (SSSR count). The number of hydrogen-bond donors (Lipinski definition) is 1. The number of halogens is 1. The van der Waals surface area contributed by atoms with Crippen molar-refractivity contribution in [2.75, 3.05) is 33.3 Å². The molecular weight excluding hydrogens is 344 g/mol. The fraction of sp³-hybridized carbons (Fsp3) is 0.444. The molecular formula is C18H23ClN2O4. The maximum atomic E-state index is 12.3. The first kappa shape index (κ1) is 19.3. The number of rotatable bonds is 4. The van der Waals surface area contributed by atoms with Crippen LogP contribution in [0.4, 0.5) is 0 Å². The van der Waals surface area contributed by atoms with Gasteiger partial charge in [0.2, 0.25) is 5.91 Å². The van der Waals surface area contributed by atoms with Crippen molar-refractivity contribution in [2.24, 2.45) is 0 Å². The van der Waals surface area contributed by atoms with Crippen LogP contribution in [-0.2, 0) is 11.2 Å². The molecule has 136 valence electrons. The summed E-state index contributed by atoms with van der Waals surface area (Å²) in [5.41, 5.74) is 1.59. The van der Waals surface area contributed by atoms with Gasteiger partial charge in [-0.2, -0.15) is 0 Å². The summed E-state index contributed by atoms with van der Waals surface area (Å²) < 4.78 is 10.6. The third-order valence-corrected chi connectivity index (χ3v) is 4.55. The van der Waals surface area contributed by atoms with Crippen LogP contribution in [0, 0.1) is 6.92 Å². The van der Waals surface area contributed by atoms with Gasteiger partial charge >= 0.3 is 5.63 Å². The van der Waals surface area contributed by atoms with Gasteiger partial charge in [0, 0.05) is 49.6 Å². The number of ether oxygens (including phenoxy) is 1. The van der Waals surface area contributed by atoms with Crippen molar-refractivity contribution in [3.8, 4) is 5.75 Å². The molecule has 0 radical (unpaired) electrons. The van der Waals surface area contributed by atoms with Gasteiger partial charge in [-0.25, -0.2) is 4.79 Å². The Balaban J connectivity index is 0.00000225. The highest BCUT2D eigenvalue weighted by atomic mass is 35.5. The summed E-state index contributed by atoms with van der Waals surface area (Å²) in [5.74, 6) is 0.733. The topological polar surface area (TPSA) is 71.8 Å². The Kier molecular flexibility index (Phi) is 6.45. The van der Waals surface area contributed by atoms with Crippen molar-refractivity contribution in [3.05, 3.63) is 39.7 Å². The maximum absolute atomic E-state index is 12.3. The van der Waals surface area contributed by atoms with E-state index in [4.69, 9.17) is 9.15 Å². The lowest BCUT2D eigenvalue weighted by molar-refractivity contribution is -0.131. The van der Waals surface area contributed by atoms with Crippen molar-refractivity contribution in [1.82, 2.24) is 10.2 Å². The second kappa shape index (κ2) is 8.36. The van der Waals surface area contributed by atoms with Crippen LogP contribution < -0.4 is 15.7 Å². The van der Waals surface area contributed by atoms with E-state index in [2.05, 4.69) is 5.32 Å². The van der Waals surface area contributed by atoms with E-state index < -0.39 is 0 Å². The monoisotopic (exact) mass is 366 g/mol. The first-order valence-corrected chi connectivity index (χ1v) is 8.19. The van der Waals surface area contributed by atoms with Crippen molar-refractivity contribution in [1.29, 1.82) is 0 Å². The van der Waals surface area contributed by atoms with Crippen LogP contribution in [0.5, 0.6) is 5.75 Å². The Labute approximate surface area is 152 Å². The molecule has 1 aromatic carbocycles. The van der Waals surface area contributed by atoms with E-state index >= 15 is 0 Å². The minimum Gasteiger partial charge on any atom is -0.497 e. The fourth-order valence-corrected chi connectivity index (χ4v) is 3.09. The van der Waals surface area contributed by atoms with E-state index in [-0.39, 0.29) is 23.9 Å². The highest BCUT2D eigenvalue weighted by Gasteiger charge is 2.18. The quantitative estimate of drug-likeness (QED) is 0.837. The lowest BCUT2D eigenvalue weighted by atomic mass is 10.0. The molecule has 0 atom stereocenters. The number of benzene rings is 1. The summed E-state index contributed by atoms with van der Waals surface area (Å²) >= 11 is 0. The summed E-state index contributed by atoms with van der Waals surface area (Å²) in [7, 11) is 1.57. The molecule has 1 fully saturated rings. The molecule has 1 aliphatic heterocycles. The molecule has 25 heavy (non-hydrogen) atoms. The zero-order valence-corrected chi connectivity index (χ0v) is 15.3. The number of nitrogens with zero attached hydrogens (tertiary/aromatic N) is 1. The molecule has 2 aromatic rings. The average molecular weight is 367 g/mol. The van der Waals surface area contributed by atoms with E-state index in [0.29, 0.717) is 29.7 Å². The molecule has 1 amide bonds. The number of carbonyl (C=O) groups is 1. The number of hydrogen-bond acceptors (Lipinski definition) is 5. The highest BCUT2D eigenvalue weighted by molar-refractivity contribution is 5.85. The van der Waals surface area contributed by atoms with Gasteiger partial charge in [0.15, 0.2) is 0 Å². The predicted molar refractivity (Wildman–Crippen MR) is 98.8 cm³/mol. The largest absolute Gasteiger partial charge is 0.497 e. The van der Waals surface area contributed by atoms with Crippen molar-refractivity contribution in [2.45, 2.75) is 19.8 Å². The van der Waals surface area contributed by atoms with Crippen molar-refractivity contribution < 1.29 is 13.9 Å². The molecule has 1 N–H and O–H groups in total. The van der Waals surface area contributed by atoms with Crippen LogP contribution in [0.25, 0.3) is 11.0 Å². The van der Waals surface area contributed by atoms with Gasteiger partial charge in [-0.05, 0) is 31.0 Å². The highest BCUT2D eigenvalue weighted by Crippen LogP contribution is 2.24. The lowest BCUT2D eigenvalue weighted by Crippen LogP contribution is -2.46. The minimum absolute atomic E-state index is 0. The fourth-order valence-electron chi connectivity index (χ4n) is 3.09. The molecule has 7 heteroatoms. The second-order valence-electron chi connectivity index (χ2n) is 5.99. The van der Waals surface area contributed by atoms with Gasteiger partial charge in [-0.15, -0.1) is 12.4 Å². The standard InChI is InChI=1S/C18H22N2O4.ClH/c1-12-14-4-3-13(23-2)11-16(14)24-18(22)15(12)5-6-17(21)20-9-7-19-8-10-20;/h3-4,11,19H,5-10H2,1-2H3;1H. The van der Waals surface area contributed by atoms with E-state index in [1.807, 2.05) is 24.0 Å². The number of fused-ring (bicyclic) bond motifs is 1. The Morgan fingerprint density at radius 2 is 2.04 bits per heavy atom. The van der Waals surface area contributed by atoms with Gasteiger partial charge in [0.25, 0.3) is 0 Å². The summed E-state index contributed by atoms with van der Waals surface area (Å²) in [6.07, 6.45) is 0.728. The number of carbonyl (C=O) groups excluding carboxylic acids is 1. The van der Waals surface area contributed by atoms with Crippen molar-refractivity contribution >= 4 is 29.3 Å². The van der Waals surface area contributed by atoms with Gasteiger partial charge in [-0.3, -0.25) is 4.79 Å². The van der Waals surface area contributed by atoms with Crippen LogP contribution in [0.3, 0.4) is 0 Å². The maximum Gasteiger partial charge on any atom is 0.339 e. The third kappa shape index (κ3) is 4.14. The molecule has 0 spiro atoms. The molecule has 1 aliphatic rings. The van der Waals surface area contributed by atoms with Crippen LogP contribution in [0.1, 0.15) is 17.5 Å². The second-order valence-corrected chi connectivity index (χ2v) is 5.99. The molecule has 1 aromatic heterocycles. The molecule has 2 heterocycles. The van der Waals surface area contributed by atoms with Crippen LogP contribution >= 0.6 is 12.4 Å². The first-order chi connectivity index (χ1) is 11.6. The molecule has 1 saturated heterocycles. The van der Waals surface area contributed by atoms with E-state index in [9.17, 15) is 9.59 Å². The first-order valence-electron chi connectivity index (χ1n) is 8.19. The van der Waals surface area contributed by atoms with Gasteiger partial charge in [0.05, 0.1) is 7.11 Å². The number of amides is 1. The number of aryl methyl sites for hydroxylation is 1. The van der Waals surface area contributed by atoms with Gasteiger partial charge in [0.1, 0.15) is 11.3 Å². The van der Waals surface area contributed by atoms with Crippen LogP contribution in [0.2, 0.25) is 0 Å². The van der Waals surface area contributed by atoms with E-state index in [1.165, 1.54) is 0 Å². The molecule has 0 saturated carbocycles. The summed E-state index contributed by atoms with van der Waals surface area (Å²) in [5, 5.41) is 4.10. The number of methoxy groups -OCH3 is 1. The zero-order valence-electron chi connectivity index (χ0n) is 14.5. The summed E-state index contributed by atoms with van der Waals surface area (Å²) in [4.78, 5) is 26.4. The predicted octanol–water partition coefficient (Wildman–Crippen LogP) is 1.90. The normalized spacial score (nSPS) is 14.2.